The maximum Gasteiger partial charge on any atom is 0.261 e. The molecule has 0 heterocycles. The standard InChI is InChI=1S/C14H16N2O4S/c1-19-13-7-6-11(9-14(13)20-2)16-21(17,18)12-5-3-4-10(15)8-12/h3-9,16H,15H2,1-2H3. The number of anilines is 2. The van der Waals surface area contributed by atoms with Gasteiger partial charge in [-0.2, -0.15) is 0 Å². The fourth-order valence-corrected chi connectivity index (χ4v) is 2.90. The summed E-state index contributed by atoms with van der Waals surface area (Å²) in [7, 11) is -0.718. The maximum atomic E-state index is 12.3. The molecule has 112 valence electrons. The number of benzene rings is 2. The molecule has 21 heavy (non-hydrogen) atoms. The Balaban J connectivity index is 2.33. The molecule has 3 N–H and O–H groups in total. The summed E-state index contributed by atoms with van der Waals surface area (Å²) in [5.74, 6) is 0.953. The number of rotatable bonds is 5. The van der Waals surface area contributed by atoms with Gasteiger partial charge < -0.3 is 15.2 Å². The van der Waals surface area contributed by atoms with E-state index in [0.717, 1.165) is 0 Å². The van der Waals surface area contributed by atoms with Gasteiger partial charge >= 0.3 is 0 Å². The minimum atomic E-state index is -3.71. The van der Waals surface area contributed by atoms with Crippen molar-refractivity contribution in [3.63, 3.8) is 0 Å². The molecular weight excluding hydrogens is 292 g/mol. The van der Waals surface area contributed by atoms with Gasteiger partial charge in [0.1, 0.15) is 0 Å². The van der Waals surface area contributed by atoms with Gasteiger partial charge in [-0.25, -0.2) is 8.42 Å². The molecule has 0 unspecified atom stereocenters. The smallest absolute Gasteiger partial charge is 0.261 e. The molecule has 0 atom stereocenters. The van der Waals surface area contributed by atoms with Gasteiger partial charge in [-0.05, 0) is 30.3 Å². The van der Waals surface area contributed by atoms with Crippen LogP contribution in [0.15, 0.2) is 47.4 Å². The number of sulfonamides is 1. The molecule has 0 amide bonds. The zero-order chi connectivity index (χ0) is 15.5. The van der Waals surface area contributed by atoms with Crippen molar-refractivity contribution in [3.05, 3.63) is 42.5 Å². The van der Waals surface area contributed by atoms with Gasteiger partial charge in [0.05, 0.1) is 24.8 Å². The van der Waals surface area contributed by atoms with E-state index in [2.05, 4.69) is 4.72 Å². The van der Waals surface area contributed by atoms with Crippen molar-refractivity contribution in [2.45, 2.75) is 4.90 Å². The first-order valence-corrected chi connectivity index (χ1v) is 7.55. The van der Waals surface area contributed by atoms with Crippen molar-refractivity contribution >= 4 is 21.4 Å². The minimum absolute atomic E-state index is 0.0947. The minimum Gasteiger partial charge on any atom is -0.493 e. The maximum absolute atomic E-state index is 12.3. The molecule has 0 aromatic heterocycles. The van der Waals surface area contributed by atoms with Crippen molar-refractivity contribution in [1.29, 1.82) is 0 Å². The average Bonchev–Trinajstić information content (AvgIpc) is 2.46. The van der Waals surface area contributed by atoms with E-state index in [-0.39, 0.29) is 4.90 Å². The molecule has 2 aromatic rings. The lowest BCUT2D eigenvalue weighted by atomic mass is 10.3. The average molecular weight is 308 g/mol. The lowest BCUT2D eigenvalue weighted by Crippen LogP contribution is -2.13. The van der Waals surface area contributed by atoms with Crippen LogP contribution in [-0.4, -0.2) is 22.6 Å². The monoisotopic (exact) mass is 308 g/mol. The summed E-state index contributed by atoms with van der Waals surface area (Å²) >= 11 is 0. The Morgan fingerprint density at radius 3 is 2.33 bits per heavy atom. The Morgan fingerprint density at radius 2 is 1.71 bits per heavy atom. The number of hydrogen-bond acceptors (Lipinski definition) is 5. The lowest BCUT2D eigenvalue weighted by Gasteiger charge is -2.12. The van der Waals surface area contributed by atoms with Crippen molar-refractivity contribution in [3.8, 4) is 11.5 Å². The molecule has 0 aliphatic heterocycles. The van der Waals surface area contributed by atoms with Crippen molar-refractivity contribution < 1.29 is 17.9 Å². The quantitative estimate of drug-likeness (QED) is 0.825. The molecule has 0 aliphatic carbocycles. The highest BCUT2D eigenvalue weighted by atomic mass is 32.2. The SMILES string of the molecule is COc1ccc(NS(=O)(=O)c2cccc(N)c2)cc1OC. The number of nitrogens with two attached hydrogens (primary N) is 1. The van der Waals surface area contributed by atoms with Crippen molar-refractivity contribution in [2.75, 3.05) is 24.7 Å². The highest BCUT2D eigenvalue weighted by Gasteiger charge is 2.15. The topological polar surface area (TPSA) is 90.7 Å². The van der Waals surface area contributed by atoms with E-state index < -0.39 is 10.0 Å². The Morgan fingerprint density at radius 1 is 1.00 bits per heavy atom. The Bertz CT molecular complexity index is 744. The number of hydrogen-bond donors (Lipinski definition) is 2. The fourth-order valence-electron chi connectivity index (χ4n) is 1.80. The molecule has 7 heteroatoms. The van der Waals surface area contributed by atoms with Crippen LogP contribution in [0.3, 0.4) is 0 Å². The summed E-state index contributed by atoms with van der Waals surface area (Å²) < 4.78 is 37.2. The van der Waals surface area contributed by atoms with E-state index in [9.17, 15) is 8.42 Å². The Hall–Kier alpha value is -2.41. The fraction of sp³-hybridized carbons (Fsp3) is 0.143. The lowest BCUT2D eigenvalue weighted by molar-refractivity contribution is 0.355. The molecule has 0 aliphatic rings. The summed E-state index contributed by atoms with van der Waals surface area (Å²) in [6.07, 6.45) is 0. The third kappa shape index (κ3) is 3.38. The predicted molar refractivity (Wildman–Crippen MR) is 81.2 cm³/mol. The van der Waals surface area contributed by atoms with Gasteiger partial charge in [0.2, 0.25) is 0 Å². The van der Waals surface area contributed by atoms with Gasteiger partial charge in [0.15, 0.2) is 11.5 Å². The summed E-state index contributed by atoms with van der Waals surface area (Å²) in [6.45, 7) is 0. The Labute approximate surface area is 123 Å². The number of nitrogens with one attached hydrogen (secondary N) is 1. The van der Waals surface area contributed by atoms with Crippen LogP contribution in [0.2, 0.25) is 0 Å². The Kier molecular flexibility index (Phi) is 4.23. The molecule has 2 rings (SSSR count). The van der Waals surface area contributed by atoms with Gasteiger partial charge in [0.25, 0.3) is 10.0 Å². The summed E-state index contributed by atoms with van der Waals surface area (Å²) in [6, 6.07) is 10.8. The van der Waals surface area contributed by atoms with E-state index in [4.69, 9.17) is 15.2 Å². The van der Waals surface area contributed by atoms with Crippen LogP contribution in [0, 0.1) is 0 Å². The largest absolute Gasteiger partial charge is 0.493 e. The number of methoxy groups -OCH3 is 2. The van der Waals surface area contributed by atoms with Crippen LogP contribution in [-0.2, 0) is 10.0 Å². The second-order valence-electron chi connectivity index (χ2n) is 4.25. The first-order chi connectivity index (χ1) is 9.96. The van der Waals surface area contributed by atoms with Crippen LogP contribution < -0.4 is 19.9 Å². The molecule has 2 aromatic carbocycles. The van der Waals surface area contributed by atoms with Crippen LogP contribution in [0.5, 0.6) is 11.5 Å². The molecular formula is C14H16N2O4S. The van der Waals surface area contributed by atoms with Crippen LogP contribution >= 0.6 is 0 Å². The van der Waals surface area contributed by atoms with Crippen molar-refractivity contribution in [2.24, 2.45) is 0 Å². The zero-order valence-electron chi connectivity index (χ0n) is 11.7. The van der Waals surface area contributed by atoms with Gasteiger partial charge in [0, 0.05) is 11.8 Å². The van der Waals surface area contributed by atoms with E-state index in [1.54, 1.807) is 30.3 Å². The summed E-state index contributed by atoms with van der Waals surface area (Å²) in [4.78, 5) is 0.0947. The molecule has 0 saturated heterocycles. The van der Waals surface area contributed by atoms with Crippen LogP contribution in [0.25, 0.3) is 0 Å². The normalized spacial score (nSPS) is 11.0. The molecule has 0 radical (unpaired) electrons. The third-order valence-corrected chi connectivity index (χ3v) is 4.18. The van der Waals surface area contributed by atoms with Gasteiger partial charge in [-0.3, -0.25) is 4.72 Å². The van der Waals surface area contributed by atoms with Gasteiger partial charge in [-0.1, -0.05) is 6.07 Å². The number of ether oxygens (including phenoxy) is 2. The summed E-state index contributed by atoms with van der Waals surface area (Å²) in [5.41, 5.74) is 6.35. The molecule has 0 saturated carbocycles. The first-order valence-electron chi connectivity index (χ1n) is 6.06. The van der Waals surface area contributed by atoms with Crippen molar-refractivity contribution in [1.82, 2.24) is 0 Å². The second-order valence-corrected chi connectivity index (χ2v) is 5.93. The molecule has 0 bridgehead atoms. The molecule has 0 spiro atoms. The number of nitrogen functional groups attached to an aromatic ring is 1. The van der Waals surface area contributed by atoms with E-state index in [1.807, 2.05) is 0 Å². The molecule has 0 fully saturated rings. The molecule has 6 nitrogen and oxygen atoms in total. The van der Waals surface area contributed by atoms with Gasteiger partial charge in [-0.15, -0.1) is 0 Å². The predicted octanol–water partition coefficient (Wildman–Crippen LogP) is 2.09. The highest BCUT2D eigenvalue weighted by molar-refractivity contribution is 7.92. The van der Waals surface area contributed by atoms with E-state index in [1.165, 1.54) is 26.4 Å². The van der Waals surface area contributed by atoms with Crippen LogP contribution in [0.4, 0.5) is 11.4 Å². The highest BCUT2D eigenvalue weighted by Crippen LogP contribution is 2.30. The van der Waals surface area contributed by atoms with Crippen LogP contribution in [0.1, 0.15) is 0 Å². The second kappa shape index (κ2) is 5.92. The zero-order valence-corrected chi connectivity index (χ0v) is 12.5. The van der Waals surface area contributed by atoms with E-state index >= 15 is 0 Å². The first kappa shape index (κ1) is 15.0. The third-order valence-electron chi connectivity index (χ3n) is 2.80. The van der Waals surface area contributed by atoms with E-state index in [0.29, 0.717) is 22.9 Å². The summed E-state index contributed by atoms with van der Waals surface area (Å²) in [5, 5.41) is 0.